The summed E-state index contributed by atoms with van der Waals surface area (Å²) in [6.07, 6.45) is 0.705. The van der Waals surface area contributed by atoms with E-state index in [0.29, 0.717) is 36.1 Å². The predicted molar refractivity (Wildman–Crippen MR) is 121 cm³/mol. The Bertz CT molecular complexity index is 852. The van der Waals surface area contributed by atoms with Crippen LogP contribution >= 0.6 is 0 Å². The highest BCUT2D eigenvalue weighted by atomic mass is 16.5. The van der Waals surface area contributed by atoms with Crippen molar-refractivity contribution in [2.24, 2.45) is 4.99 Å². The number of benzene rings is 2. The summed E-state index contributed by atoms with van der Waals surface area (Å²) in [6.45, 7) is 3.27. The number of ether oxygens (including phenoxy) is 2. The third-order valence-electron chi connectivity index (χ3n) is 4.46. The molecule has 7 heteroatoms. The summed E-state index contributed by atoms with van der Waals surface area (Å²) in [5.41, 5.74) is 1.79. The van der Waals surface area contributed by atoms with E-state index in [4.69, 9.17) is 9.47 Å². The molecule has 0 saturated carbocycles. The molecule has 0 spiro atoms. The van der Waals surface area contributed by atoms with Gasteiger partial charge in [0.1, 0.15) is 6.10 Å². The molecule has 30 heavy (non-hydrogen) atoms. The summed E-state index contributed by atoms with van der Waals surface area (Å²) in [5, 5.41) is 6.56. The first kappa shape index (κ1) is 23.1. The molecule has 1 atom stereocenters. The zero-order valence-corrected chi connectivity index (χ0v) is 18.4. The molecule has 0 bridgehead atoms. The van der Waals surface area contributed by atoms with Gasteiger partial charge in [0.25, 0.3) is 5.91 Å². The van der Waals surface area contributed by atoms with E-state index < -0.39 is 0 Å². The predicted octanol–water partition coefficient (Wildman–Crippen LogP) is 2.57. The quantitative estimate of drug-likeness (QED) is 0.489. The summed E-state index contributed by atoms with van der Waals surface area (Å²) < 4.78 is 11.3. The zero-order chi connectivity index (χ0) is 21.9. The van der Waals surface area contributed by atoms with E-state index in [0.717, 1.165) is 12.0 Å². The smallest absolute Gasteiger partial charge is 0.253 e. The van der Waals surface area contributed by atoms with Crippen molar-refractivity contribution in [1.82, 2.24) is 15.5 Å². The second-order valence-electron chi connectivity index (χ2n) is 7.11. The first-order valence-electron chi connectivity index (χ1n) is 9.99. The Labute approximate surface area is 179 Å². The Morgan fingerprint density at radius 3 is 2.50 bits per heavy atom. The van der Waals surface area contributed by atoms with Gasteiger partial charge in [-0.3, -0.25) is 9.79 Å². The van der Waals surface area contributed by atoms with Crippen molar-refractivity contribution in [3.05, 3.63) is 59.7 Å². The zero-order valence-electron chi connectivity index (χ0n) is 18.4. The van der Waals surface area contributed by atoms with Crippen LogP contribution < -0.4 is 20.1 Å². The van der Waals surface area contributed by atoms with Crippen LogP contribution in [0.25, 0.3) is 0 Å². The number of hydrogen-bond acceptors (Lipinski definition) is 4. The lowest BCUT2D eigenvalue weighted by atomic mass is 10.1. The molecule has 2 N–H and O–H groups in total. The molecule has 7 nitrogen and oxygen atoms in total. The van der Waals surface area contributed by atoms with Gasteiger partial charge in [0.2, 0.25) is 0 Å². The molecule has 0 radical (unpaired) electrons. The van der Waals surface area contributed by atoms with Crippen LogP contribution in [0.4, 0.5) is 0 Å². The Morgan fingerprint density at radius 2 is 1.83 bits per heavy atom. The van der Waals surface area contributed by atoms with Crippen LogP contribution in [-0.2, 0) is 6.42 Å². The summed E-state index contributed by atoms with van der Waals surface area (Å²) >= 11 is 0. The third-order valence-corrected chi connectivity index (χ3v) is 4.46. The van der Waals surface area contributed by atoms with Crippen LogP contribution in [0.1, 0.15) is 22.8 Å². The van der Waals surface area contributed by atoms with Crippen molar-refractivity contribution in [2.75, 3.05) is 41.3 Å². The number of guanidine groups is 1. The number of nitrogens with zero attached hydrogens (tertiary/aromatic N) is 2. The number of amides is 1. The van der Waals surface area contributed by atoms with Crippen molar-refractivity contribution in [1.29, 1.82) is 0 Å². The van der Waals surface area contributed by atoms with Crippen molar-refractivity contribution < 1.29 is 14.3 Å². The number of rotatable bonds is 9. The Hall–Kier alpha value is -3.22. The van der Waals surface area contributed by atoms with Crippen molar-refractivity contribution >= 4 is 11.9 Å². The van der Waals surface area contributed by atoms with E-state index in [1.807, 2.05) is 55.5 Å². The number of hydrogen-bond donors (Lipinski definition) is 2. The Kier molecular flexibility index (Phi) is 9.00. The molecule has 0 aliphatic carbocycles. The van der Waals surface area contributed by atoms with Gasteiger partial charge < -0.3 is 25.0 Å². The highest BCUT2D eigenvalue weighted by Gasteiger charge is 2.10. The Morgan fingerprint density at radius 1 is 1.10 bits per heavy atom. The normalized spacial score (nSPS) is 12.1. The number of carbonyl (C=O) groups excluding carboxylic acids is 1. The Balaban J connectivity index is 1.80. The van der Waals surface area contributed by atoms with Gasteiger partial charge in [-0.1, -0.05) is 24.3 Å². The van der Waals surface area contributed by atoms with Gasteiger partial charge in [0, 0.05) is 33.3 Å². The topological polar surface area (TPSA) is 75.2 Å². The van der Waals surface area contributed by atoms with Gasteiger partial charge in [0.05, 0.1) is 13.7 Å². The summed E-state index contributed by atoms with van der Waals surface area (Å²) in [6, 6.07) is 15.3. The first-order chi connectivity index (χ1) is 14.4. The SMILES string of the molecule is CN=C(NCCc1cccc(C(=O)N(C)C)c1)NCC(C)Oc1ccccc1OC. The molecule has 162 valence electrons. The van der Waals surface area contributed by atoms with Crippen LogP contribution in [0.3, 0.4) is 0 Å². The minimum atomic E-state index is -0.0754. The monoisotopic (exact) mass is 412 g/mol. The molecule has 0 heterocycles. The van der Waals surface area contributed by atoms with Crippen LogP contribution in [0.2, 0.25) is 0 Å². The van der Waals surface area contributed by atoms with Gasteiger partial charge in [-0.2, -0.15) is 0 Å². The number of para-hydroxylation sites is 2. The van der Waals surface area contributed by atoms with E-state index in [1.54, 1.807) is 33.2 Å². The molecule has 1 amide bonds. The van der Waals surface area contributed by atoms with Crippen LogP contribution in [0.15, 0.2) is 53.5 Å². The van der Waals surface area contributed by atoms with E-state index in [2.05, 4.69) is 15.6 Å². The molecule has 0 fully saturated rings. The lowest BCUT2D eigenvalue weighted by Gasteiger charge is -2.19. The molecule has 2 rings (SSSR count). The van der Waals surface area contributed by atoms with Gasteiger partial charge in [-0.25, -0.2) is 0 Å². The number of aliphatic imine (C=N–C) groups is 1. The molecular weight excluding hydrogens is 380 g/mol. The van der Waals surface area contributed by atoms with Crippen LogP contribution in [-0.4, -0.2) is 64.2 Å². The second kappa shape index (κ2) is 11.7. The molecule has 2 aromatic carbocycles. The largest absolute Gasteiger partial charge is 0.493 e. The van der Waals surface area contributed by atoms with Crippen molar-refractivity contribution in [2.45, 2.75) is 19.4 Å². The highest BCUT2D eigenvalue weighted by molar-refractivity contribution is 5.94. The molecular formula is C23H32N4O3. The summed E-state index contributed by atoms with van der Waals surface area (Å²) in [4.78, 5) is 17.9. The van der Waals surface area contributed by atoms with Gasteiger partial charge in [-0.05, 0) is 43.2 Å². The molecule has 0 aliphatic rings. The van der Waals surface area contributed by atoms with Crippen molar-refractivity contribution in [3.63, 3.8) is 0 Å². The van der Waals surface area contributed by atoms with Gasteiger partial charge >= 0.3 is 0 Å². The molecule has 1 unspecified atom stereocenters. The second-order valence-corrected chi connectivity index (χ2v) is 7.11. The number of carbonyl (C=O) groups is 1. The average molecular weight is 413 g/mol. The van der Waals surface area contributed by atoms with E-state index in [1.165, 1.54) is 0 Å². The molecule has 0 aromatic heterocycles. The van der Waals surface area contributed by atoms with Gasteiger partial charge in [-0.15, -0.1) is 0 Å². The molecule has 0 saturated heterocycles. The average Bonchev–Trinajstić information content (AvgIpc) is 2.76. The van der Waals surface area contributed by atoms with Gasteiger partial charge in [0.15, 0.2) is 17.5 Å². The minimum Gasteiger partial charge on any atom is -0.493 e. The van der Waals surface area contributed by atoms with Crippen LogP contribution in [0.5, 0.6) is 11.5 Å². The maximum atomic E-state index is 12.1. The number of methoxy groups -OCH3 is 1. The van der Waals surface area contributed by atoms with Crippen molar-refractivity contribution in [3.8, 4) is 11.5 Å². The lowest BCUT2D eigenvalue weighted by Crippen LogP contribution is -2.42. The molecule has 2 aromatic rings. The fraction of sp³-hybridized carbons (Fsp3) is 0.391. The maximum Gasteiger partial charge on any atom is 0.253 e. The lowest BCUT2D eigenvalue weighted by molar-refractivity contribution is 0.0827. The summed E-state index contributed by atoms with van der Waals surface area (Å²) in [5.74, 6) is 2.13. The fourth-order valence-corrected chi connectivity index (χ4v) is 2.88. The summed E-state index contributed by atoms with van der Waals surface area (Å²) in [7, 11) is 6.87. The third kappa shape index (κ3) is 6.99. The maximum absolute atomic E-state index is 12.1. The highest BCUT2D eigenvalue weighted by Crippen LogP contribution is 2.26. The minimum absolute atomic E-state index is 0.00585. The standard InChI is InChI=1S/C23H32N4O3/c1-17(30-21-12-7-6-11-20(21)29-5)16-26-23(24-2)25-14-13-18-9-8-10-19(15-18)22(28)27(3)4/h6-12,15,17H,13-14,16H2,1-5H3,(H2,24,25,26). The number of nitrogens with one attached hydrogen (secondary N) is 2. The van der Waals surface area contributed by atoms with Crippen LogP contribution in [0, 0.1) is 0 Å². The first-order valence-corrected chi connectivity index (χ1v) is 9.99. The van der Waals surface area contributed by atoms with E-state index in [-0.39, 0.29) is 12.0 Å². The molecule has 0 aliphatic heterocycles. The van der Waals surface area contributed by atoms with E-state index >= 15 is 0 Å². The van der Waals surface area contributed by atoms with E-state index in [9.17, 15) is 4.79 Å². The fourth-order valence-electron chi connectivity index (χ4n) is 2.88.